The predicted molar refractivity (Wildman–Crippen MR) is 47.1 cm³/mol. The van der Waals surface area contributed by atoms with Crippen molar-refractivity contribution >= 4 is 0 Å². The van der Waals surface area contributed by atoms with Crippen molar-refractivity contribution in [3.8, 4) is 0 Å². The van der Waals surface area contributed by atoms with E-state index in [4.69, 9.17) is 14.9 Å². The molecule has 12 heavy (non-hydrogen) atoms. The van der Waals surface area contributed by atoms with Gasteiger partial charge < -0.3 is 20.3 Å². The quantitative estimate of drug-likeness (QED) is 0.431. The van der Waals surface area contributed by atoms with Gasteiger partial charge in [-0.2, -0.15) is 0 Å². The number of ether oxygens (including phenoxy) is 1. The van der Waals surface area contributed by atoms with Crippen LogP contribution in [0.3, 0.4) is 0 Å². The molecule has 1 unspecified atom stereocenters. The lowest BCUT2D eigenvalue weighted by atomic mass is 10.3. The van der Waals surface area contributed by atoms with Crippen molar-refractivity contribution in [3.63, 3.8) is 0 Å². The molecule has 3 N–H and O–H groups in total. The molecule has 0 amide bonds. The SMILES string of the molecule is CCOCCCNCC(O)CO. The van der Waals surface area contributed by atoms with Gasteiger partial charge in [0, 0.05) is 19.8 Å². The Hall–Kier alpha value is -0.160. The van der Waals surface area contributed by atoms with Crippen molar-refractivity contribution in [2.45, 2.75) is 19.4 Å². The summed E-state index contributed by atoms with van der Waals surface area (Å²) in [7, 11) is 0. The van der Waals surface area contributed by atoms with E-state index in [1.54, 1.807) is 0 Å². The summed E-state index contributed by atoms with van der Waals surface area (Å²) in [6, 6.07) is 0. The van der Waals surface area contributed by atoms with Gasteiger partial charge in [0.2, 0.25) is 0 Å². The van der Waals surface area contributed by atoms with Gasteiger partial charge in [0.05, 0.1) is 12.7 Å². The molecular weight excluding hydrogens is 158 g/mol. The van der Waals surface area contributed by atoms with Crippen LogP contribution >= 0.6 is 0 Å². The minimum Gasteiger partial charge on any atom is -0.394 e. The fraction of sp³-hybridized carbons (Fsp3) is 1.00. The maximum atomic E-state index is 8.92. The lowest BCUT2D eigenvalue weighted by molar-refractivity contribution is 0.0930. The molecule has 4 nitrogen and oxygen atoms in total. The first-order valence-corrected chi connectivity index (χ1v) is 4.38. The maximum absolute atomic E-state index is 8.92. The molecule has 4 heteroatoms. The number of hydrogen-bond donors (Lipinski definition) is 3. The van der Waals surface area contributed by atoms with Crippen LogP contribution in [-0.2, 0) is 4.74 Å². The zero-order valence-electron chi connectivity index (χ0n) is 7.62. The molecule has 0 spiro atoms. The largest absolute Gasteiger partial charge is 0.394 e. The van der Waals surface area contributed by atoms with E-state index in [1.165, 1.54) is 0 Å². The highest BCUT2D eigenvalue weighted by molar-refractivity contribution is 4.56. The summed E-state index contributed by atoms with van der Waals surface area (Å²) in [4.78, 5) is 0. The second-order valence-corrected chi connectivity index (χ2v) is 2.59. The molecule has 0 aromatic heterocycles. The van der Waals surface area contributed by atoms with Crippen molar-refractivity contribution in [2.75, 3.05) is 32.9 Å². The van der Waals surface area contributed by atoms with Crippen molar-refractivity contribution in [1.82, 2.24) is 5.32 Å². The Morgan fingerprint density at radius 1 is 1.50 bits per heavy atom. The number of rotatable bonds is 8. The van der Waals surface area contributed by atoms with Crippen LogP contribution in [0.2, 0.25) is 0 Å². The van der Waals surface area contributed by atoms with Gasteiger partial charge >= 0.3 is 0 Å². The van der Waals surface area contributed by atoms with Crippen molar-refractivity contribution in [2.24, 2.45) is 0 Å². The highest BCUT2D eigenvalue weighted by atomic mass is 16.5. The van der Waals surface area contributed by atoms with E-state index < -0.39 is 6.10 Å². The molecular formula is C8H19NO3. The van der Waals surface area contributed by atoms with E-state index in [0.717, 1.165) is 26.2 Å². The predicted octanol–water partition coefficient (Wildman–Crippen LogP) is -0.644. The molecule has 0 aliphatic rings. The molecule has 0 radical (unpaired) electrons. The van der Waals surface area contributed by atoms with E-state index >= 15 is 0 Å². The Balaban J connectivity index is 2.90. The van der Waals surface area contributed by atoms with Gasteiger partial charge in [-0.05, 0) is 19.9 Å². The summed E-state index contributed by atoms with van der Waals surface area (Å²) in [5.41, 5.74) is 0. The number of aliphatic hydroxyl groups excluding tert-OH is 2. The first-order valence-electron chi connectivity index (χ1n) is 4.38. The maximum Gasteiger partial charge on any atom is 0.0894 e. The van der Waals surface area contributed by atoms with Crippen LogP contribution in [0.5, 0.6) is 0 Å². The van der Waals surface area contributed by atoms with Crippen LogP contribution in [0.1, 0.15) is 13.3 Å². The first kappa shape index (κ1) is 11.8. The molecule has 0 saturated carbocycles. The van der Waals surface area contributed by atoms with Gasteiger partial charge in [0.1, 0.15) is 0 Å². The number of aliphatic hydroxyl groups is 2. The zero-order chi connectivity index (χ0) is 9.23. The Labute approximate surface area is 73.5 Å². The molecule has 0 aliphatic heterocycles. The molecule has 0 aromatic carbocycles. The summed E-state index contributed by atoms with van der Waals surface area (Å²) in [5, 5.41) is 20.4. The van der Waals surface area contributed by atoms with Crippen LogP contribution in [0.15, 0.2) is 0 Å². The van der Waals surface area contributed by atoms with E-state index in [-0.39, 0.29) is 6.61 Å². The van der Waals surface area contributed by atoms with Crippen LogP contribution in [0, 0.1) is 0 Å². The second-order valence-electron chi connectivity index (χ2n) is 2.59. The smallest absolute Gasteiger partial charge is 0.0894 e. The molecule has 0 bridgehead atoms. The highest BCUT2D eigenvalue weighted by Crippen LogP contribution is 1.81. The van der Waals surface area contributed by atoms with Crippen molar-refractivity contribution in [3.05, 3.63) is 0 Å². The van der Waals surface area contributed by atoms with Gasteiger partial charge in [0.15, 0.2) is 0 Å². The Morgan fingerprint density at radius 3 is 2.83 bits per heavy atom. The summed E-state index contributed by atoms with van der Waals surface area (Å²) in [6.45, 7) is 4.54. The normalized spacial score (nSPS) is 13.2. The zero-order valence-corrected chi connectivity index (χ0v) is 7.62. The molecule has 74 valence electrons. The Bertz CT molecular complexity index is 90.4. The Morgan fingerprint density at radius 2 is 2.25 bits per heavy atom. The second kappa shape index (κ2) is 8.93. The summed E-state index contributed by atoms with van der Waals surface area (Å²) < 4.78 is 5.11. The third kappa shape index (κ3) is 7.94. The van der Waals surface area contributed by atoms with Crippen LogP contribution < -0.4 is 5.32 Å². The lowest BCUT2D eigenvalue weighted by Gasteiger charge is -2.08. The van der Waals surface area contributed by atoms with Gasteiger partial charge in [-0.1, -0.05) is 0 Å². The molecule has 0 rings (SSSR count). The lowest BCUT2D eigenvalue weighted by Crippen LogP contribution is -2.30. The van der Waals surface area contributed by atoms with Crippen molar-refractivity contribution < 1.29 is 14.9 Å². The van der Waals surface area contributed by atoms with Crippen LogP contribution in [0.4, 0.5) is 0 Å². The summed E-state index contributed by atoms with van der Waals surface area (Å²) in [5.74, 6) is 0. The Kier molecular flexibility index (Phi) is 8.81. The molecule has 0 saturated heterocycles. The molecule has 0 heterocycles. The fourth-order valence-electron chi connectivity index (χ4n) is 0.777. The monoisotopic (exact) mass is 177 g/mol. The van der Waals surface area contributed by atoms with E-state index in [2.05, 4.69) is 5.32 Å². The minimum atomic E-state index is -0.642. The fourth-order valence-corrected chi connectivity index (χ4v) is 0.777. The van der Waals surface area contributed by atoms with E-state index in [1.807, 2.05) is 6.92 Å². The topological polar surface area (TPSA) is 61.7 Å². The molecule has 0 aromatic rings. The molecule has 0 fully saturated rings. The molecule has 1 atom stereocenters. The third-order valence-electron chi connectivity index (χ3n) is 1.44. The summed E-state index contributed by atoms with van der Waals surface area (Å²) in [6.07, 6.45) is 0.295. The average Bonchev–Trinajstić information content (AvgIpc) is 2.10. The third-order valence-corrected chi connectivity index (χ3v) is 1.44. The van der Waals surface area contributed by atoms with Crippen molar-refractivity contribution in [1.29, 1.82) is 0 Å². The van der Waals surface area contributed by atoms with E-state index in [0.29, 0.717) is 6.54 Å². The van der Waals surface area contributed by atoms with E-state index in [9.17, 15) is 0 Å². The number of nitrogens with one attached hydrogen (secondary N) is 1. The van der Waals surface area contributed by atoms with Crippen LogP contribution in [-0.4, -0.2) is 49.2 Å². The van der Waals surface area contributed by atoms with Crippen LogP contribution in [0.25, 0.3) is 0 Å². The van der Waals surface area contributed by atoms with Gasteiger partial charge in [-0.25, -0.2) is 0 Å². The highest BCUT2D eigenvalue weighted by Gasteiger charge is 1.98. The first-order chi connectivity index (χ1) is 5.81. The average molecular weight is 177 g/mol. The standard InChI is InChI=1S/C8H19NO3/c1-2-12-5-3-4-9-6-8(11)7-10/h8-11H,2-7H2,1H3. The summed E-state index contributed by atoms with van der Waals surface area (Å²) >= 11 is 0. The number of hydrogen-bond acceptors (Lipinski definition) is 4. The molecule has 0 aliphatic carbocycles. The minimum absolute atomic E-state index is 0.182. The van der Waals surface area contributed by atoms with Gasteiger partial charge in [-0.3, -0.25) is 0 Å². The van der Waals surface area contributed by atoms with Gasteiger partial charge in [0.25, 0.3) is 0 Å². The van der Waals surface area contributed by atoms with Gasteiger partial charge in [-0.15, -0.1) is 0 Å².